The first-order chi connectivity index (χ1) is 16.1. The summed E-state index contributed by atoms with van der Waals surface area (Å²) >= 11 is 0. The highest BCUT2D eigenvalue weighted by atomic mass is 16.5. The quantitative estimate of drug-likeness (QED) is 0.456. The number of nitrogens with zero attached hydrogens (tertiary/aromatic N) is 1. The maximum absolute atomic E-state index is 10.8. The van der Waals surface area contributed by atoms with Crippen LogP contribution in [-0.4, -0.2) is 63.2 Å². The third-order valence-corrected chi connectivity index (χ3v) is 10.9. The average Bonchev–Trinajstić information content (AvgIpc) is 3.16. The van der Waals surface area contributed by atoms with E-state index in [0.29, 0.717) is 23.2 Å². The fourth-order valence-electron chi connectivity index (χ4n) is 8.85. The lowest BCUT2D eigenvalue weighted by molar-refractivity contribution is -0.0905. The van der Waals surface area contributed by atoms with Crippen molar-refractivity contribution in [1.29, 1.82) is 0 Å². The summed E-state index contributed by atoms with van der Waals surface area (Å²) in [5, 5.41) is 10.8. The summed E-state index contributed by atoms with van der Waals surface area (Å²) in [6, 6.07) is 0. The summed E-state index contributed by atoms with van der Waals surface area (Å²) in [4.78, 5) is 2.54. The second-order valence-electron chi connectivity index (χ2n) is 13.0. The van der Waals surface area contributed by atoms with E-state index in [9.17, 15) is 5.11 Å². The highest BCUT2D eigenvalue weighted by Crippen LogP contribution is 2.66. The van der Waals surface area contributed by atoms with Crippen molar-refractivity contribution < 1.29 is 14.6 Å². The molecule has 0 bridgehead atoms. The molecule has 0 aliphatic heterocycles. The van der Waals surface area contributed by atoms with E-state index in [1.807, 2.05) is 0 Å². The van der Waals surface area contributed by atoms with Gasteiger partial charge in [0.2, 0.25) is 0 Å². The summed E-state index contributed by atoms with van der Waals surface area (Å²) in [7, 11) is 3.59. The van der Waals surface area contributed by atoms with Gasteiger partial charge in [0, 0.05) is 33.9 Å². The van der Waals surface area contributed by atoms with Crippen LogP contribution in [0, 0.1) is 34.0 Å². The molecule has 4 rings (SSSR count). The Kier molecular flexibility index (Phi) is 7.76. The zero-order valence-electron chi connectivity index (χ0n) is 23.1. The number of aliphatic hydroxyl groups is 1. The topological polar surface area (TPSA) is 41.9 Å². The molecule has 4 heteroatoms. The van der Waals surface area contributed by atoms with Crippen LogP contribution >= 0.6 is 0 Å². The molecule has 0 saturated heterocycles. The van der Waals surface area contributed by atoms with Crippen molar-refractivity contribution in [3.63, 3.8) is 0 Å². The highest BCUT2D eigenvalue weighted by molar-refractivity contribution is 5.49. The Bertz CT molecular complexity index is 793. The number of ether oxygens (including phenoxy) is 2. The molecule has 0 aromatic carbocycles. The lowest BCUT2D eigenvalue weighted by Gasteiger charge is -2.59. The first kappa shape index (κ1) is 26.4. The average molecular weight is 474 g/mol. The zero-order chi connectivity index (χ0) is 24.7. The second kappa shape index (κ2) is 10.00. The van der Waals surface area contributed by atoms with Gasteiger partial charge < -0.3 is 14.6 Å². The summed E-state index contributed by atoms with van der Waals surface area (Å²) < 4.78 is 10.8. The minimum atomic E-state index is -0.156. The van der Waals surface area contributed by atoms with Crippen molar-refractivity contribution in [3.8, 4) is 0 Å². The minimum absolute atomic E-state index is 0.0151. The van der Waals surface area contributed by atoms with Gasteiger partial charge in [0.25, 0.3) is 0 Å². The summed E-state index contributed by atoms with van der Waals surface area (Å²) in [5.74, 6) is 1.95. The van der Waals surface area contributed by atoms with Gasteiger partial charge in [-0.3, -0.25) is 4.90 Å². The van der Waals surface area contributed by atoms with Crippen molar-refractivity contribution in [2.75, 3.05) is 47.1 Å². The Morgan fingerprint density at radius 3 is 2.32 bits per heavy atom. The number of aliphatic hydroxyl groups excluding tert-OH is 1. The number of allylic oxidation sites excluding steroid dienone is 4. The Hall–Kier alpha value is -0.680. The van der Waals surface area contributed by atoms with E-state index in [0.717, 1.165) is 45.7 Å². The fourth-order valence-corrected chi connectivity index (χ4v) is 8.85. The molecule has 34 heavy (non-hydrogen) atoms. The molecule has 4 nitrogen and oxygen atoms in total. The lowest BCUT2D eigenvalue weighted by Crippen LogP contribution is -2.53. The second-order valence-corrected chi connectivity index (χ2v) is 13.0. The molecule has 4 aliphatic rings. The number of fused-ring (bicyclic) bond motifs is 4. The van der Waals surface area contributed by atoms with E-state index >= 15 is 0 Å². The van der Waals surface area contributed by atoms with E-state index in [1.165, 1.54) is 32.1 Å². The van der Waals surface area contributed by atoms with Crippen LogP contribution in [-0.2, 0) is 9.47 Å². The maximum Gasteiger partial charge on any atom is 0.0594 e. The third kappa shape index (κ3) is 4.35. The molecule has 0 aromatic rings. The SMILES string of the molecule is COCCN(CCOC)C[C@H](C)[C@H]1CC=C2C3=C(CC[C@@]21C)[C@@]1(C)CC[C@H](O)C(C)(C)[C@@H]1CC3. The van der Waals surface area contributed by atoms with Gasteiger partial charge in [0.1, 0.15) is 0 Å². The van der Waals surface area contributed by atoms with Crippen molar-refractivity contribution >= 4 is 0 Å². The van der Waals surface area contributed by atoms with Crippen LogP contribution < -0.4 is 0 Å². The van der Waals surface area contributed by atoms with Crippen LogP contribution in [0.2, 0.25) is 0 Å². The van der Waals surface area contributed by atoms with E-state index < -0.39 is 0 Å². The van der Waals surface area contributed by atoms with Crippen LogP contribution in [0.25, 0.3) is 0 Å². The molecule has 0 unspecified atom stereocenters. The first-order valence-electron chi connectivity index (χ1n) is 13.9. The molecule has 0 spiro atoms. The smallest absolute Gasteiger partial charge is 0.0594 e. The van der Waals surface area contributed by atoms with Crippen LogP contribution in [0.1, 0.15) is 79.6 Å². The number of rotatable bonds is 9. The molecule has 194 valence electrons. The largest absolute Gasteiger partial charge is 0.393 e. The fraction of sp³-hybridized carbons (Fsp3) is 0.867. The molecular weight excluding hydrogens is 422 g/mol. The molecule has 0 aromatic heterocycles. The molecule has 0 heterocycles. The van der Waals surface area contributed by atoms with Gasteiger partial charge in [0.05, 0.1) is 19.3 Å². The van der Waals surface area contributed by atoms with Gasteiger partial charge in [-0.05, 0) is 90.1 Å². The molecule has 4 aliphatic carbocycles. The maximum atomic E-state index is 10.8. The predicted octanol–water partition coefficient (Wildman–Crippen LogP) is 5.86. The van der Waals surface area contributed by atoms with Crippen LogP contribution in [0.3, 0.4) is 0 Å². The monoisotopic (exact) mass is 473 g/mol. The normalized spacial score (nSPS) is 37.8. The molecule has 1 saturated carbocycles. The van der Waals surface area contributed by atoms with Gasteiger partial charge in [-0.2, -0.15) is 0 Å². The molecular formula is C30H51NO3. The summed E-state index contributed by atoms with van der Waals surface area (Å²) in [6.07, 6.45) is 10.8. The number of hydrogen-bond acceptors (Lipinski definition) is 4. The van der Waals surface area contributed by atoms with Gasteiger partial charge in [-0.25, -0.2) is 0 Å². The minimum Gasteiger partial charge on any atom is -0.393 e. The third-order valence-electron chi connectivity index (χ3n) is 10.9. The predicted molar refractivity (Wildman–Crippen MR) is 140 cm³/mol. The van der Waals surface area contributed by atoms with Gasteiger partial charge in [0.15, 0.2) is 0 Å². The summed E-state index contributed by atoms with van der Waals surface area (Å²) in [5.41, 5.74) is 5.78. The number of methoxy groups -OCH3 is 2. The molecule has 0 radical (unpaired) electrons. The van der Waals surface area contributed by atoms with Crippen molar-refractivity contribution in [2.45, 2.75) is 85.7 Å². The van der Waals surface area contributed by atoms with Gasteiger partial charge >= 0.3 is 0 Å². The molecule has 1 N–H and O–H groups in total. The Balaban J connectivity index is 1.54. The molecule has 6 atom stereocenters. The van der Waals surface area contributed by atoms with Crippen LogP contribution in [0.4, 0.5) is 0 Å². The molecule has 1 fully saturated rings. The van der Waals surface area contributed by atoms with E-state index in [4.69, 9.17) is 9.47 Å². The van der Waals surface area contributed by atoms with E-state index in [1.54, 1.807) is 30.9 Å². The van der Waals surface area contributed by atoms with E-state index in [2.05, 4.69) is 45.6 Å². The van der Waals surface area contributed by atoms with Gasteiger partial charge in [-0.15, -0.1) is 0 Å². The highest BCUT2D eigenvalue weighted by Gasteiger charge is 2.57. The lowest BCUT2D eigenvalue weighted by atomic mass is 9.46. The van der Waals surface area contributed by atoms with Crippen molar-refractivity contribution in [1.82, 2.24) is 4.90 Å². The van der Waals surface area contributed by atoms with Crippen molar-refractivity contribution in [3.05, 3.63) is 22.8 Å². The van der Waals surface area contributed by atoms with Crippen LogP contribution in [0.5, 0.6) is 0 Å². The van der Waals surface area contributed by atoms with Gasteiger partial charge in [-0.1, -0.05) is 46.3 Å². The standard InChI is InChI=1S/C30H51NO3/c1-21(20-31(16-18-33-6)17-19-34-7)23-9-10-24-22-8-11-26-28(2,3)27(32)13-15-30(26,5)25(22)12-14-29(23,24)4/h10,21,23,26-27,32H,8-9,11-20H2,1-7H3/t21-,23+,26-,27-,29+,30+/m0/s1. The number of hydrogen-bond donors (Lipinski definition) is 1. The Labute approximate surface area is 209 Å². The molecule has 0 amide bonds. The van der Waals surface area contributed by atoms with E-state index in [-0.39, 0.29) is 16.9 Å². The Morgan fingerprint density at radius 2 is 1.68 bits per heavy atom. The zero-order valence-corrected chi connectivity index (χ0v) is 23.1. The van der Waals surface area contributed by atoms with Crippen LogP contribution in [0.15, 0.2) is 22.8 Å². The Morgan fingerprint density at radius 1 is 1.00 bits per heavy atom. The van der Waals surface area contributed by atoms with Crippen molar-refractivity contribution in [2.24, 2.45) is 34.0 Å². The summed E-state index contributed by atoms with van der Waals surface area (Å²) in [6.45, 7) is 16.9. The first-order valence-corrected chi connectivity index (χ1v) is 13.9.